The molecule has 0 N–H and O–H groups in total. The minimum Gasteiger partial charge on any atom is -0.462 e. The second kappa shape index (κ2) is 7.64. The molecule has 17 heavy (non-hydrogen) atoms. The van der Waals surface area contributed by atoms with Gasteiger partial charge in [0.2, 0.25) is 0 Å². The van der Waals surface area contributed by atoms with Crippen molar-refractivity contribution >= 4 is 27.7 Å². The molecule has 0 aromatic heterocycles. The average molecular weight is 305 g/mol. The Labute approximate surface area is 112 Å². The van der Waals surface area contributed by atoms with Crippen LogP contribution in [0.4, 0.5) is 0 Å². The van der Waals surface area contributed by atoms with Crippen LogP contribution in [0.2, 0.25) is 0 Å². The van der Waals surface area contributed by atoms with Crippen LogP contribution < -0.4 is 0 Å². The highest BCUT2D eigenvalue weighted by molar-refractivity contribution is 9.09. The summed E-state index contributed by atoms with van der Waals surface area (Å²) in [5, 5.41) is 0.137. The number of Topliss-reactive ketones (excluding diaryl/α,β-unsaturated/α-hetero) is 1. The van der Waals surface area contributed by atoms with E-state index in [0.717, 1.165) is 12.8 Å². The Bertz CT molecular complexity index is 300. The Morgan fingerprint density at radius 3 is 2.29 bits per heavy atom. The molecule has 0 spiro atoms. The van der Waals surface area contributed by atoms with Crippen LogP contribution in [0.5, 0.6) is 0 Å². The van der Waals surface area contributed by atoms with Crippen molar-refractivity contribution in [3.05, 3.63) is 11.6 Å². The third-order valence-corrected chi connectivity index (χ3v) is 2.46. The number of hydrogen-bond acceptors (Lipinski definition) is 3. The lowest BCUT2D eigenvalue weighted by Crippen LogP contribution is -2.20. The third-order valence-electron chi connectivity index (χ3n) is 1.95. The van der Waals surface area contributed by atoms with E-state index in [1.165, 1.54) is 0 Å². The summed E-state index contributed by atoms with van der Waals surface area (Å²) < 4.78 is 5.06. The molecule has 0 unspecified atom stereocenters. The normalized spacial score (nSPS) is 12.4. The molecule has 4 heteroatoms. The van der Waals surface area contributed by atoms with Gasteiger partial charge in [-0.3, -0.25) is 4.79 Å². The van der Waals surface area contributed by atoms with Crippen LogP contribution in [0, 0.1) is 5.41 Å². The molecule has 0 saturated carbocycles. The van der Waals surface area contributed by atoms with E-state index >= 15 is 0 Å². The standard InChI is InChI=1S/C13H21BrO3/c1-5-6-7-17-12(16)10(11(15)9-14)8-13(2,3)4/h8H,5-7,9H2,1-4H3/b10-8-. The van der Waals surface area contributed by atoms with Gasteiger partial charge in [0.1, 0.15) is 5.57 Å². The molecule has 0 aliphatic carbocycles. The van der Waals surface area contributed by atoms with E-state index in [9.17, 15) is 9.59 Å². The van der Waals surface area contributed by atoms with Crippen LogP contribution in [0.15, 0.2) is 11.6 Å². The molecule has 0 saturated heterocycles. The maximum atomic E-state index is 11.8. The van der Waals surface area contributed by atoms with Crippen molar-refractivity contribution < 1.29 is 14.3 Å². The van der Waals surface area contributed by atoms with Crippen molar-refractivity contribution in [1.29, 1.82) is 0 Å². The number of carbonyl (C=O) groups excluding carboxylic acids is 2. The maximum absolute atomic E-state index is 11.8. The first-order valence-electron chi connectivity index (χ1n) is 5.81. The van der Waals surface area contributed by atoms with Crippen molar-refractivity contribution in [2.24, 2.45) is 5.41 Å². The second-order valence-corrected chi connectivity index (χ2v) is 5.53. The second-order valence-electron chi connectivity index (χ2n) is 4.97. The maximum Gasteiger partial charge on any atom is 0.341 e. The van der Waals surface area contributed by atoms with Crippen LogP contribution in [-0.4, -0.2) is 23.7 Å². The quantitative estimate of drug-likeness (QED) is 0.189. The zero-order valence-corrected chi connectivity index (χ0v) is 12.6. The lowest BCUT2D eigenvalue weighted by atomic mass is 9.92. The number of allylic oxidation sites excluding steroid dienone is 1. The van der Waals surface area contributed by atoms with Crippen LogP contribution in [0.3, 0.4) is 0 Å². The molecule has 0 fully saturated rings. The van der Waals surface area contributed by atoms with E-state index in [1.54, 1.807) is 6.08 Å². The largest absolute Gasteiger partial charge is 0.462 e. The molecular weight excluding hydrogens is 284 g/mol. The fourth-order valence-corrected chi connectivity index (χ4v) is 1.45. The van der Waals surface area contributed by atoms with E-state index in [4.69, 9.17) is 4.74 Å². The summed E-state index contributed by atoms with van der Waals surface area (Å²) in [7, 11) is 0. The van der Waals surface area contributed by atoms with Crippen molar-refractivity contribution in [2.75, 3.05) is 11.9 Å². The summed E-state index contributed by atoms with van der Waals surface area (Å²) in [4.78, 5) is 23.4. The Kier molecular flexibility index (Phi) is 7.35. The predicted molar refractivity (Wildman–Crippen MR) is 72.2 cm³/mol. The number of halogens is 1. The van der Waals surface area contributed by atoms with Crippen LogP contribution in [0.1, 0.15) is 40.5 Å². The SMILES string of the molecule is CCCCOC(=O)/C(=C\C(C)(C)C)C(=O)CBr. The average Bonchev–Trinajstić information content (AvgIpc) is 2.24. The molecule has 0 rings (SSSR count). The van der Waals surface area contributed by atoms with Crippen LogP contribution in [0.25, 0.3) is 0 Å². The molecule has 0 aliphatic heterocycles. The Balaban J connectivity index is 4.76. The van der Waals surface area contributed by atoms with Gasteiger partial charge >= 0.3 is 5.97 Å². The Morgan fingerprint density at radius 2 is 1.88 bits per heavy atom. The highest BCUT2D eigenvalue weighted by Gasteiger charge is 2.21. The molecule has 0 amide bonds. The molecule has 98 valence electrons. The molecule has 3 nitrogen and oxygen atoms in total. The zero-order valence-electron chi connectivity index (χ0n) is 11.0. The first-order valence-corrected chi connectivity index (χ1v) is 6.93. The molecule has 0 atom stereocenters. The third kappa shape index (κ3) is 7.31. The van der Waals surface area contributed by atoms with Crippen molar-refractivity contribution in [3.63, 3.8) is 0 Å². The number of rotatable bonds is 6. The Morgan fingerprint density at radius 1 is 1.29 bits per heavy atom. The minimum atomic E-state index is -0.516. The summed E-state index contributed by atoms with van der Waals surface area (Å²) >= 11 is 3.07. The van der Waals surface area contributed by atoms with Gasteiger partial charge in [0.15, 0.2) is 5.78 Å². The molecule has 0 radical (unpaired) electrons. The van der Waals surface area contributed by atoms with E-state index in [-0.39, 0.29) is 22.1 Å². The smallest absolute Gasteiger partial charge is 0.341 e. The van der Waals surface area contributed by atoms with Gasteiger partial charge in [0.25, 0.3) is 0 Å². The summed E-state index contributed by atoms with van der Waals surface area (Å²) in [6, 6.07) is 0. The van der Waals surface area contributed by atoms with Crippen LogP contribution in [-0.2, 0) is 14.3 Å². The number of ketones is 1. The van der Waals surface area contributed by atoms with Crippen molar-refractivity contribution in [2.45, 2.75) is 40.5 Å². The number of carbonyl (C=O) groups is 2. The van der Waals surface area contributed by atoms with Gasteiger partial charge in [-0.1, -0.05) is 56.1 Å². The highest BCUT2D eigenvalue weighted by atomic mass is 79.9. The van der Waals surface area contributed by atoms with Gasteiger partial charge in [-0.2, -0.15) is 0 Å². The molecular formula is C13H21BrO3. The van der Waals surface area contributed by atoms with Crippen molar-refractivity contribution in [1.82, 2.24) is 0 Å². The lowest BCUT2D eigenvalue weighted by molar-refractivity contribution is -0.140. The van der Waals surface area contributed by atoms with E-state index in [2.05, 4.69) is 15.9 Å². The summed E-state index contributed by atoms with van der Waals surface area (Å²) in [6.45, 7) is 8.20. The van der Waals surface area contributed by atoms with Gasteiger partial charge in [0.05, 0.1) is 11.9 Å². The number of esters is 1. The molecule has 0 heterocycles. The van der Waals surface area contributed by atoms with Gasteiger partial charge in [0, 0.05) is 0 Å². The van der Waals surface area contributed by atoms with Crippen LogP contribution >= 0.6 is 15.9 Å². The molecule has 0 bridgehead atoms. The number of hydrogen-bond donors (Lipinski definition) is 0. The summed E-state index contributed by atoms with van der Waals surface area (Å²) in [6.07, 6.45) is 3.44. The van der Waals surface area contributed by atoms with Gasteiger partial charge in [-0.15, -0.1) is 0 Å². The number of alkyl halides is 1. The van der Waals surface area contributed by atoms with E-state index in [1.807, 2.05) is 27.7 Å². The topological polar surface area (TPSA) is 43.4 Å². The molecule has 0 aromatic carbocycles. The number of ether oxygens (including phenoxy) is 1. The lowest BCUT2D eigenvalue weighted by Gasteiger charge is -2.14. The van der Waals surface area contributed by atoms with E-state index in [0.29, 0.717) is 6.61 Å². The fourth-order valence-electron chi connectivity index (χ4n) is 1.15. The number of unbranched alkanes of at least 4 members (excludes halogenated alkanes) is 1. The molecule has 0 aliphatic rings. The highest BCUT2D eigenvalue weighted by Crippen LogP contribution is 2.19. The van der Waals surface area contributed by atoms with Gasteiger partial charge < -0.3 is 4.74 Å². The van der Waals surface area contributed by atoms with Gasteiger partial charge in [-0.05, 0) is 11.8 Å². The predicted octanol–water partition coefficient (Wildman–Crippen LogP) is 3.27. The minimum absolute atomic E-state index is 0.137. The first kappa shape index (κ1) is 16.4. The fraction of sp³-hybridized carbons (Fsp3) is 0.692. The summed E-state index contributed by atoms with van der Waals surface area (Å²) in [5.41, 5.74) is -0.0813. The Hall–Kier alpha value is -0.640. The molecule has 0 aromatic rings. The van der Waals surface area contributed by atoms with Gasteiger partial charge in [-0.25, -0.2) is 4.79 Å². The zero-order chi connectivity index (χ0) is 13.5. The first-order chi connectivity index (χ1) is 7.81. The van der Waals surface area contributed by atoms with E-state index < -0.39 is 5.97 Å². The summed E-state index contributed by atoms with van der Waals surface area (Å²) in [5.74, 6) is -0.751. The van der Waals surface area contributed by atoms with Crippen molar-refractivity contribution in [3.8, 4) is 0 Å². The monoisotopic (exact) mass is 304 g/mol.